The van der Waals surface area contributed by atoms with Gasteiger partial charge in [0, 0.05) is 30.4 Å². The van der Waals surface area contributed by atoms with Gasteiger partial charge in [0.2, 0.25) is 5.91 Å². The Labute approximate surface area is 153 Å². The number of hydrogen-bond acceptors (Lipinski definition) is 4. The van der Waals surface area contributed by atoms with Crippen molar-refractivity contribution >= 4 is 39.5 Å². The van der Waals surface area contributed by atoms with Crippen LogP contribution in [-0.4, -0.2) is 43.0 Å². The van der Waals surface area contributed by atoms with Gasteiger partial charge in [-0.2, -0.15) is 0 Å². The van der Waals surface area contributed by atoms with E-state index in [1.54, 1.807) is 47.4 Å². The van der Waals surface area contributed by atoms with Crippen molar-refractivity contribution in [3.8, 4) is 0 Å². The van der Waals surface area contributed by atoms with Crippen LogP contribution in [0.25, 0.3) is 6.08 Å². The highest BCUT2D eigenvalue weighted by Crippen LogP contribution is 2.16. The van der Waals surface area contributed by atoms with Crippen LogP contribution >= 0.6 is 15.9 Å². The average Bonchev–Trinajstić information content (AvgIpc) is 3.06. The summed E-state index contributed by atoms with van der Waals surface area (Å²) in [7, 11) is 0. The van der Waals surface area contributed by atoms with Gasteiger partial charge in [0.05, 0.1) is 13.2 Å². The first-order valence-electron chi connectivity index (χ1n) is 7.83. The summed E-state index contributed by atoms with van der Waals surface area (Å²) < 4.78 is 11.1. The molecule has 1 aliphatic heterocycles. The second-order valence-electron chi connectivity index (χ2n) is 5.45. The van der Waals surface area contributed by atoms with Crippen LogP contribution in [-0.2, 0) is 9.53 Å². The van der Waals surface area contributed by atoms with Crippen molar-refractivity contribution in [3.05, 3.63) is 58.5 Å². The molecule has 2 aromatic rings. The highest BCUT2D eigenvalue weighted by atomic mass is 79.9. The number of morpholine rings is 1. The van der Waals surface area contributed by atoms with Crippen LogP contribution in [0.5, 0.6) is 0 Å². The molecule has 7 heteroatoms. The smallest absolute Gasteiger partial charge is 0.254 e. The number of nitrogens with zero attached hydrogens (tertiary/aromatic N) is 1. The summed E-state index contributed by atoms with van der Waals surface area (Å²) in [5, 5.41) is 2.74. The molecule has 1 aromatic heterocycles. The topological polar surface area (TPSA) is 71.8 Å². The van der Waals surface area contributed by atoms with Gasteiger partial charge < -0.3 is 19.4 Å². The number of hydrogen-bond donors (Lipinski definition) is 1. The zero-order valence-electron chi connectivity index (χ0n) is 13.4. The summed E-state index contributed by atoms with van der Waals surface area (Å²) in [6.45, 7) is 2.34. The van der Waals surface area contributed by atoms with Crippen molar-refractivity contribution in [1.82, 2.24) is 4.90 Å². The maximum Gasteiger partial charge on any atom is 0.254 e. The van der Waals surface area contributed by atoms with Crippen molar-refractivity contribution in [2.24, 2.45) is 0 Å². The summed E-state index contributed by atoms with van der Waals surface area (Å²) in [5.41, 5.74) is 1.21. The third-order valence-electron chi connectivity index (χ3n) is 3.69. The fraction of sp³-hybridized carbons (Fsp3) is 0.222. The molecule has 0 atom stereocenters. The number of ether oxygens (including phenoxy) is 1. The fourth-order valence-electron chi connectivity index (χ4n) is 2.40. The number of anilines is 1. The van der Waals surface area contributed by atoms with E-state index in [4.69, 9.17) is 9.15 Å². The Hall–Kier alpha value is -2.38. The molecule has 0 spiro atoms. The van der Waals surface area contributed by atoms with Crippen molar-refractivity contribution in [1.29, 1.82) is 0 Å². The molecule has 0 bridgehead atoms. The Morgan fingerprint density at radius 2 is 1.80 bits per heavy atom. The van der Waals surface area contributed by atoms with Gasteiger partial charge in [-0.25, -0.2) is 0 Å². The van der Waals surface area contributed by atoms with E-state index >= 15 is 0 Å². The van der Waals surface area contributed by atoms with Crippen LogP contribution in [0.15, 0.2) is 51.6 Å². The van der Waals surface area contributed by atoms with Gasteiger partial charge in [0.1, 0.15) is 5.76 Å². The molecule has 0 radical (unpaired) electrons. The van der Waals surface area contributed by atoms with Crippen LogP contribution < -0.4 is 5.32 Å². The summed E-state index contributed by atoms with van der Waals surface area (Å²) in [5.74, 6) is 0.276. The van der Waals surface area contributed by atoms with Crippen LogP contribution in [0, 0.1) is 0 Å². The zero-order chi connectivity index (χ0) is 17.6. The van der Waals surface area contributed by atoms with E-state index in [1.165, 1.54) is 6.08 Å². The second-order valence-corrected chi connectivity index (χ2v) is 6.23. The molecule has 1 saturated heterocycles. The van der Waals surface area contributed by atoms with Gasteiger partial charge in [0.15, 0.2) is 4.67 Å². The molecule has 1 N–H and O–H groups in total. The lowest BCUT2D eigenvalue weighted by molar-refractivity contribution is -0.111. The van der Waals surface area contributed by atoms with Crippen LogP contribution in [0.4, 0.5) is 5.69 Å². The first-order valence-corrected chi connectivity index (χ1v) is 8.62. The van der Waals surface area contributed by atoms with Crippen molar-refractivity contribution in [3.63, 3.8) is 0 Å². The number of rotatable bonds is 4. The lowest BCUT2D eigenvalue weighted by atomic mass is 10.1. The molecule has 0 aliphatic carbocycles. The third-order valence-corrected chi connectivity index (χ3v) is 4.12. The molecular formula is C18H17BrN2O4. The molecule has 3 rings (SSSR count). The van der Waals surface area contributed by atoms with E-state index in [-0.39, 0.29) is 11.8 Å². The number of carbonyl (C=O) groups is 2. The normalized spacial score (nSPS) is 14.7. The molecule has 25 heavy (non-hydrogen) atoms. The van der Waals surface area contributed by atoms with E-state index in [9.17, 15) is 9.59 Å². The summed E-state index contributed by atoms with van der Waals surface area (Å²) in [6, 6.07) is 10.3. The molecule has 0 saturated carbocycles. The van der Waals surface area contributed by atoms with Gasteiger partial charge in [-0.1, -0.05) is 0 Å². The largest absolute Gasteiger partial charge is 0.450 e. The maximum absolute atomic E-state index is 12.4. The second kappa shape index (κ2) is 8.13. The molecule has 2 amide bonds. The van der Waals surface area contributed by atoms with Gasteiger partial charge in [-0.15, -0.1) is 0 Å². The summed E-state index contributed by atoms with van der Waals surface area (Å²) in [4.78, 5) is 26.0. The van der Waals surface area contributed by atoms with E-state index in [1.807, 2.05) is 0 Å². The average molecular weight is 405 g/mol. The number of halogens is 1. The van der Waals surface area contributed by atoms with E-state index in [0.29, 0.717) is 48.0 Å². The number of nitrogens with one attached hydrogen (secondary N) is 1. The number of benzene rings is 1. The fourth-order valence-corrected chi connectivity index (χ4v) is 2.72. The first kappa shape index (κ1) is 17.4. The highest BCUT2D eigenvalue weighted by Gasteiger charge is 2.18. The van der Waals surface area contributed by atoms with Gasteiger partial charge >= 0.3 is 0 Å². The van der Waals surface area contributed by atoms with E-state index in [2.05, 4.69) is 21.2 Å². The quantitative estimate of drug-likeness (QED) is 0.794. The third kappa shape index (κ3) is 4.80. The van der Waals surface area contributed by atoms with Gasteiger partial charge in [-0.05, 0) is 58.4 Å². The molecular weight excluding hydrogens is 388 g/mol. The molecule has 1 aromatic carbocycles. The van der Waals surface area contributed by atoms with Crippen LogP contribution in [0.3, 0.4) is 0 Å². The minimum absolute atomic E-state index is 0.0236. The Bertz CT molecular complexity index is 777. The highest BCUT2D eigenvalue weighted by molar-refractivity contribution is 9.10. The number of amides is 2. The van der Waals surface area contributed by atoms with E-state index in [0.717, 1.165) is 0 Å². The molecule has 1 aliphatic rings. The SMILES string of the molecule is O=C(/C=C/c1ccc(Br)o1)Nc1ccc(C(=O)N2CCOCC2)cc1. The molecule has 130 valence electrons. The predicted molar refractivity (Wildman–Crippen MR) is 97.2 cm³/mol. The minimum Gasteiger partial charge on any atom is -0.450 e. The number of furan rings is 1. The molecule has 2 heterocycles. The predicted octanol–water partition coefficient (Wildman–Crippen LogP) is 3.17. The first-order chi connectivity index (χ1) is 12.1. The van der Waals surface area contributed by atoms with Crippen molar-refractivity contribution < 1.29 is 18.7 Å². The Morgan fingerprint density at radius 1 is 1.08 bits per heavy atom. The lowest BCUT2D eigenvalue weighted by Crippen LogP contribution is -2.40. The summed E-state index contributed by atoms with van der Waals surface area (Å²) >= 11 is 3.20. The molecule has 1 fully saturated rings. The van der Waals surface area contributed by atoms with Crippen LogP contribution in [0.1, 0.15) is 16.1 Å². The standard InChI is InChI=1S/C18H17BrN2O4/c19-16-7-5-15(25-16)6-8-17(22)20-14-3-1-13(2-4-14)18(23)21-9-11-24-12-10-21/h1-8H,9-12H2,(H,20,22)/b8-6+. The van der Waals surface area contributed by atoms with E-state index < -0.39 is 0 Å². The molecule has 0 unspecified atom stereocenters. The van der Waals surface area contributed by atoms with Gasteiger partial charge in [0.25, 0.3) is 5.91 Å². The minimum atomic E-state index is -0.278. The Balaban J connectivity index is 1.57. The number of carbonyl (C=O) groups excluding carboxylic acids is 2. The molecule has 6 nitrogen and oxygen atoms in total. The Morgan fingerprint density at radius 3 is 2.44 bits per heavy atom. The monoisotopic (exact) mass is 404 g/mol. The Kier molecular flexibility index (Phi) is 5.67. The lowest BCUT2D eigenvalue weighted by Gasteiger charge is -2.26. The van der Waals surface area contributed by atoms with Crippen molar-refractivity contribution in [2.75, 3.05) is 31.6 Å². The zero-order valence-corrected chi connectivity index (χ0v) is 15.0. The van der Waals surface area contributed by atoms with Gasteiger partial charge in [-0.3, -0.25) is 9.59 Å². The summed E-state index contributed by atoms with van der Waals surface area (Å²) in [6.07, 6.45) is 2.97. The van der Waals surface area contributed by atoms with Crippen molar-refractivity contribution in [2.45, 2.75) is 0 Å². The maximum atomic E-state index is 12.4. The van der Waals surface area contributed by atoms with Crippen LogP contribution in [0.2, 0.25) is 0 Å².